The van der Waals surface area contributed by atoms with E-state index in [1.165, 1.54) is 6.42 Å². The van der Waals surface area contributed by atoms with Crippen LogP contribution in [-0.4, -0.2) is 24.0 Å². The molecule has 4 heteroatoms. The van der Waals surface area contributed by atoms with Crippen molar-refractivity contribution in [1.82, 2.24) is 4.98 Å². The first kappa shape index (κ1) is 13.5. The van der Waals surface area contributed by atoms with Crippen LogP contribution in [0.5, 0.6) is 5.75 Å². The number of aromatic nitrogens is 1. The van der Waals surface area contributed by atoms with Crippen LogP contribution in [0.15, 0.2) is 30.5 Å². The highest BCUT2D eigenvalue weighted by Crippen LogP contribution is 2.31. The Balaban J connectivity index is 1.81. The van der Waals surface area contributed by atoms with Gasteiger partial charge in [0, 0.05) is 28.9 Å². The van der Waals surface area contributed by atoms with Gasteiger partial charge in [-0.3, -0.25) is 0 Å². The van der Waals surface area contributed by atoms with E-state index in [0.717, 1.165) is 41.7 Å². The van der Waals surface area contributed by atoms with E-state index >= 15 is 0 Å². The molecule has 1 N–H and O–H groups in total. The second-order valence-corrected chi connectivity index (χ2v) is 5.99. The molecule has 0 bridgehead atoms. The molecule has 0 aliphatic heterocycles. The summed E-state index contributed by atoms with van der Waals surface area (Å²) >= 11 is 6.16. The van der Waals surface area contributed by atoms with Crippen molar-refractivity contribution in [3.63, 3.8) is 0 Å². The number of hydrogen-bond acceptors (Lipinski definition) is 3. The van der Waals surface area contributed by atoms with Crippen LogP contribution in [0.1, 0.15) is 19.3 Å². The summed E-state index contributed by atoms with van der Waals surface area (Å²) in [6.07, 6.45) is 5.26. The molecule has 106 valence electrons. The summed E-state index contributed by atoms with van der Waals surface area (Å²) in [5.41, 5.74) is 0. The van der Waals surface area contributed by atoms with E-state index in [9.17, 15) is 0 Å². The lowest BCUT2D eigenvalue weighted by Crippen LogP contribution is -2.12. The summed E-state index contributed by atoms with van der Waals surface area (Å²) in [5, 5.41) is 6.02. The van der Waals surface area contributed by atoms with Crippen LogP contribution in [0.4, 0.5) is 5.82 Å². The number of benzene rings is 1. The summed E-state index contributed by atoms with van der Waals surface area (Å²) in [5.74, 6) is 2.47. The zero-order valence-corrected chi connectivity index (χ0v) is 12.4. The molecular formula is C16H19ClN2O. The van der Waals surface area contributed by atoms with Crippen LogP contribution in [0.25, 0.3) is 10.8 Å². The topological polar surface area (TPSA) is 34.1 Å². The number of ether oxygens (including phenoxy) is 1. The van der Waals surface area contributed by atoms with Gasteiger partial charge in [0.25, 0.3) is 0 Å². The van der Waals surface area contributed by atoms with Crippen LogP contribution >= 0.6 is 11.6 Å². The highest BCUT2D eigenvalue weighted by Gasteiger charge is 2.22. The molecule has 1 heterocycles. The van der Waals surface area contributed by atoms with Crippen molar-refractivity contribution in [3.05, 3.63) is 30.5 Å². The Bertz CT molecular complexity index is 602. The average molecular weight is 291 g/mol. The lowest BCUT2D eigenvalue weighted by atomic mass is 10.1. The predicted octanol–water partition coefficient (Wildman–Crippen LogP) is 4.06. The van der Waals surface area contributed by atoms with Gasteiger partial charge in [-0.05, 0) is 37.3 Å². The monoisotopic (exact) mass is 290 g/mol. The molecule has 1 aliphatic carbocycles. The quantitative estimate of drug-likeness (QED) is 0.862. The normalized spacial score (nSPS) is 22.1. The fraction of sp³-hybridized carbons (Fsp3) is 0.438. The third-order valence-electron chi connectivity index (χ3n) is 4.02. The molecule has 3 rings (SSSR count). The predicted molar refractivity (Wildman–Crippen MR) is 83.8 cm³/mol. The van der Waals surface area contributed by atoms with Crippen LogP contribution in [0, 0.1) is 5.92 Å². The maximum Gasteiger partial charge on any atom is 0.133 e. The van der Waals surface area contributed by atoms with E-state index in [-0.39, 0.29) is 0 Å². The van der Waals surface area contributed by atoms with Gasteiger partial charge in [0.15, 0.2) is 0 Å². The Morgan fingerprint density at radius 3 is 2.95 bits per heavy atom. The van der Waals surface area contributed by atoms with Crippen molar-refractivity contribution in [2.24, 2.45) is 5.92 Å². The number of anilines is 1. The van der Waals surface area contributed by atoms with Gasteiger partial charge < -0.3 is 10.1 Å². The highest BCUT2D eigenvalue weighted by atomic mass is 35.5. The third kappa shape index (κ3) is 2.68. The Hall–Kier alpha value is -1.48. The number of nitrogens with one attached hydrogen (secondary N) is 1. The summed E-state index contributed by atoms with van der Waals surface area (Å²) in [6.45, 7) is 0.937. The van der Waals surface area contributed by atoms with E-state index < -0.39 is 0 Å². The summed E-state index contributed by atoms with van der Waals surface area (Å²) < 4.78 is 5.40. The van der Waals surface area contributed by atoms with E-state index in [0.29, 0.717) is 11.3 Å². The van der Waals surface area contributed by atoms with Gasteiger partial charge in [-0.2, -0.15) is 0 Å². The van der Waals surface area contributed by atoms with Crippen LogP contribution in [0.3, 0.4) is 0 Å². The molecule has 1 fully saturated rings. The Morgan fingerprint density at radius 1 is 1.30 bits per heavy atom. The molecule has 2 atom stereocenters. The third-order valence-corrected chi connectivity index (χ3v) is 4.42. The minimum atomic E-state index is 0.349. The Kier molecular flexibility index (Phi) is 3.97. The average Bonchev–Trinajstić information content (AvgIpc) is 2.90. The molecule has 3 nitrogen and oxygen atoms in total. The summed E-state index contributed by atoms with van der Waals surface area (Å²) in [4.78, 5) is 4.46. The maximum absolute atomic E-state index is 6.16. The zero-order chi connectivity index (χ0) is 13.9. The van der Waals surface area contributed by atoms with Crippen molar-refractivity contribution in [2.45, 2.75) is 24.6 Å². The number of alkyl halides is 1. The SMILES string of the molecule is COc1cccc2c(NCC3CCC(Cl)C3)nccc12. The van der Waals surface area contributed by atoms with Gasteiger partial charge in [0.05, 0.1) is 7.11 Å². The zero-order valence-electron chi connectivity index (χ0n) is 11.6. The van der Waals surface area contributed by atoms with E-state index in [1.807, 2.05) is 24.4 Å². The number of hydrogen-bond donors (Lipinski definition) is 1. The molecule has 0 saturated heterocycles. The van der Waals surface area contributed by atoms with Crippen molar-refractivity contribution in [2.75, 3.05) is 19.0 Å². The molecule has 1 aromatic heterocycles. The van der Waals surface area contributed by atoms with E-state index in [1.54, 1.807) is 7.11 Å². The number of halogens is 1. The first-order chi connectivity index (χ1) is 9.78. The molecule has 2 unspecified atom stereocenters. The molecular weight excluding hydrogens is 272 g/mol. The second kappa shape index (κ2) is 5.88. The van der Waals surface area contributed by atoms with Crippen LogP contribution in [-0.2, 0) is 0 Å². The van der Waals surface area contributed by atoms with Crippen molar-refractivity contribution in [3.8, 4) is 5.75 Å². The van der Waals surface area contributed by atoms with E-state index in [4.69, 9.17) is 16.3 Å². The molecule has 0 spiro atoms. The lowest BCUT2D eigenvalue weighted by Gasteiger charge is -2.14. The van der Waals surface area contributed by atoms with Gasteiger partial charge in [-0.1, -0.05) is 12.1 Å². The first-order valence-electron chi connectivity index (χ1n) is 7.07. The smallest absolute Gasteiger partial charge is 0.133 e. The minimum absolute atomic E-state index is 0.349. The van der Waals surface area contributed by atoms with E-state index in [2.05, 4.69) is 16.4 Å². The fourth-order valence-electron chi connectivity index (χ4n) is 2.94. The standard InChI is InChI=1S/C16H19ClN2O/c1-20-15-4-2-3-14-13(15)7-8-18-16(14)19-10-11-5-6-12(17)9-11/h2-4,7-8,11-12H,5-6,9-10H2,1H3,(H,18,19). The maximum atomic E-state index is 6.16. The van der Waals surface area contributed by atoms with Gasteiger partial charge in [-0.25, -0.2) is 4.98 Å². The van der Waals surface area contributed by atoms with Crippen molar-refractivity contribution in [1.29, 1.82) is 0 Å². The van der Waals surface area contributed by atoms with Gasteiger partial charge >= 0.3 is 0 Å². The number of nitrogens with zero attached hydrogens (tertiary/aromatic N) is 1. The second-order valence-electron chi connectivity index (χ2n) is 5.37. The highest BCUT2D eigenvalue weighted by molar-refractivity contribution is 6.20. The molecule has 1 saturated carbocycles. The van der Waals surface area contributed by atoms with Gasteiger partial charge in [-0.15, -0.1) is 11.6 Å². The molecule has 2 aromatic rings. The van der Waals surface area contributed by atoms with Gasteiger partial charge in [0.1, 0.15) is 11.6 Å². The van der Waals surface area contributed by atoms with Crippen molar-refractivity contribution < 1.29 is 4.74 Å². The number of fused-ring (bicyclic) bond motifs is 1. The Labute approximate surface area is 124 Å². The Morgan fingerprint density at radius 2 is 2.20 bits per heavy atom. The summed E-state index contributed by atoms with van der Waals surface area (Å²) in [6, 6.07) is 8.04. The lowest BCUT2D eigenvalue weighted by molar-refractivity contribution is 0.420. The number of methoxy groups -OCH3 is 1. The molecule has 1 aliphatic rings. The van der Waals surface area contributed by atoms with Crippen molar-refractivity contribution >= 4 is 28.2 Å². The number of pyridine rings is 1. The number of rotatable bonds is 4. The molecule has 20 heavy (non-hydrogen) atoms. The van der Waals surface area contributed by atoms with Crippen LogP contribution in [0.2, 0.25) is 0 Å². The largest absolute Gasteiger partial charge is 0.496 e. The first-order valence-corrected chi connectivity index (χ1v) is 7.51. The molecule has 0 amide bonds. The fourth-order valence-corrected chi connectivity index (χ4v) is 3.32. The summed E-state index contributed by atoms with van der Waals surface area (Å²) in [7, 11) is 1.70. The minimum Gasteiger partial charge on any atom is -0.496 e. The molecule has 0 radical (unpaired) electrons. The molecule has 1 aromatic carbocycles. The van der Waals surface area contributed by atoms with Crippen LogP contribution < -0.4 is 10.1 Å². The van der Waals surface area contributed by atoms with Gasteiger partial charge in [0.2, 0.25) is 0 Å².